The number of carbonyl (C=O) groups excluding carboxylic acids is 2. The Morgan fingerprint density at radius 1 is 0.786 bits per heavy atom. The van der Waals surface area contributed by atoms with Crippen molar-refractivity contribution < 1.29 is 9.59 Å². The fraction of sp³-hybridized carbons (Fsp3) is 0.167. The van der Waals surface area contributed by atoms with E-state index in [-0.39, 0.29) is 11.7 Å². The highest BCUT2D eigenvalue weighted by Gasteiger charge is 2.14. The standard InChI is InChI=1S/C24H24N2O2/c1-18(27)23-15-22(13-14-24(23)25-19(2)28)26(16-20-9-5-3-6-10-20)17-21-11-7-4-8-12-21/h3-15H,16-17H2,1-2H3,(H,25,28). The molecule has 3 aromatic rings. The van der Waals surface area contributed by atoms with Crippen molar-refractivity contribution in [2.24, 2.45) is 0 Å². The van der Waals surface area contributed by atoms with Gasteiger partial charge in [0, 0.05) is 31.3 Å². The van der Waals surface area contributed by atoms with E-state index in [4.69, 9.17) is 0 Å². The molecule has 28 heavy (non-hydrogen) atoms. The van der Waals surface area contributed by atoms with E-state index in [0.29, 0.717) is 24.3 Å². The second kappa shape index (κ2) is 9.00. The molecule has 0 fully saturated rings. The lowest BCUT2D eigenvalue weighted by Crippen LogP contribution is -2.22. The summed E-state index contributed by atoms with van der Waals surface area (Å²) in [5.74, 6) is -0.273. The summed E-state index contributed by atoms with van der Waals surface area (Å²) in [4.78, 5) is 25.9. The first-order valence-corrected chi connectivity index (χ1v) is 9.28. The van der Waals surface area contributed by atoms with Gasteiger partial charge >= 0.3 is 0 Å². The topological polar surface area (TPSA) is 49.4 Å². The number of benzene rings is 3. The van der Waals surface area contributed by atoms with Crippen LogP contribution in [0.3, 0.4) is 0 Å². The van der Waals surface area contributed by atoms with Crippen LogP contribution in [0.15, 0.2) is 78.9 Å². The predicted molar refractivity (Wildman–Crippen MR) is 114 cm³/mol. The van der Waals surface area contributed by atoms with Gasteiger partial charge in [0.25, 0.3) is 0 Å². The largest absolute Gasteiger partial charge is 0.363 e. The van der Waals surface area contributed by atoms with Crippen molar-refractivity contribution in [3.05, 3.63) is 95.6 Å². The number of amides is 1. The zero-order valence-electron chi connectivity index (χ0n) is 16.2. The number of hydrogen-bond donors (Lipinski definition) is 1. The number of ketones is 1. The molecule has 0 heterocycles. The van der Waals surface area contributed by atoms with Crippen molar-refractivity contribution >= 4 is 23.1 Å². The van der Waals surface area contributed by atoms with Gasteiger partial charge in [0.15, 0.2) is 5.78 Å². The number of hydrogen-bond acceptors (Lipinski definition) is 3. The van der Waals surface area contributed by atoms with Crippen LogP contribution in [0.5, 0.6) is 0 Å². The summed E-state index contributed by atoms with van der Waals surface area (Å²) in [6.07, 6.45) is 0. The van der Waals surface area contributed by atoms with Crippen molar-refractivity contribution in [2.75, 3.05) is 10.2 Å². The Hall–Kier alpha value is -3.40. The summed E-state index contributed by atoms with van der Waals surface area (Å²) in [6, 6.07) is 26.1. The van der Waals surface area contributed by atoms with Crippen LogP contribution in [0.1, 0.15) is 35.3 Å². The van der Waals surface area contributed by atoms with Gasteiger partial charge in [0.2, 0.25) is 5.91 Å². The van der Waals surface area contributed by atoms with Crippen LogP contribution < -0.4 is 10.2 Å². The van der Waals surface area contributed by atoms with Crippen molar-refractivity contribution in [2.45, 2.75) is 26.9 Å². The van der Waals surface area contributed by atoms with Crippen LogP contribution in [0.2, 0.25) is 0 Å². The molecular formula is C24H24N2O2. The third-order valence-corrected chi connectivity index (χ3v) is 4.49. The highest BCUT2D eigenvalue weighted by molar-refractivity contribution is 6.04. The lowest BCUT2D eigenvalue weighted by molar-refractivity contribution is -0.114. The molecule has 0 radical (unpaired) electrons. The van der Waals surface area contributed by atoms with Gasteiger partial charge < -0.3 is 10.2 Å². The van der Waals surface area contributed by atoms with E-state index in [2.05, 4.69) is 34.5 Å². The summed E-state index contributed by atoms with van der Waals surface area (Å²) in [5.41, 5.74) is 4.37. The summed E-state index contributed by atoms with van der Waals surface area (Å²) in [6.45, 7) is 4.39. The average molecular weight is 372 g/mol. The maximum absolute atomic E-state index is 12.2. The van der Waals surface area contributed by atoms with Crippen LogP contribution in [-0.4, -0.2) is 11.7 Å². The molecule has 0 saturated heterocycles. The van der Waals surface area contributed by atoms with Crippen LogP contribution in [0, 0.1) is 0 Å². The Morgan fingerprint density at radius 3 is 1.79 bits per heavy atom. The van der Waals surface area contributed by atoms with E-state index in [1.165, 1.54) is 25.0 Å². The smallest absolute Gasteiger partial charge is 0.221 e. The highest BCUT2D eigenvalue weighted by Crippen LogP contribution is 2.27. The van der Waals surface area contributed by atoms with Gasteiger partial charge in [-0.15, -0.1) is 0 Å². The summed E-state index contributed by atoms with van der Waals surface area (Å²) >= 11 is 0. The minimum absolute atomic E-state index is 0.0787. The Morgan fingerprint density at radius 2 is 1.32 bits per heavy atom. The van der Waals surface area contributed by atoms with Gasteiger partial charge in [-0.1, -0.05) is 60.7 Å². The van der Waals surface area contributed by atoms with Crippen LogP contribution in [0.4, 0.5) is 11.4 Å². The zero-order valence-corrected chi connectivity index (χ0v) is 16.2. The van der Waals surface area contributed by atoms with Crippen molar-refractivity contribution in [1.82, 2.24) is 0 Å². The van der Waals surface area contributed by atoms with Crippen molar-refractivity contribution in [1.29, 1.82) is 0 Å². The van der Waals surface area contributed by atoms with Gasteiger partial charge in [-0.2, -0.15) is 0 Å². The van der Waals surface area contributed by atoms with Gasteiger partial charge in [0.1, 0.15) is 0 Å². The summed E-state index contributed by atoms with van der Waals surface area (Å²) in [7, 11) is 0. The molecule has 0 aliphatic rings. The fourth-order valence-electron chi connectivity index (χ4n) is 3.16. The van der Waals surface area contributed by atoms with Crippen LogP contribution >= 0.6 is 0 Å². The lowest BCUT2D eigenvalue weighted by Gasteiger charge is -2.26. The number of nitrogens with zero attached hydrogens (tertiary/aromatic N) is 1. The first-order valence-electron chi connectivity index (χ1n) is 9.28. The molecule has 0 spiro atoms. The molecule has 4 heteroatoms. The van der Waals surface area contributed by atoms with E-state index < -0.39 is 0 Å². The average Bonchev–Trinajstić information content (AvgIpc) is 2.69. The third kappa shape index (κ3) is 5.07. The minimum atomic E-state index is -0.194. The first-order chi connectivity index (χ1) is 13.5. The number of rotatable bonds is 7. The monoisotopic (exact) mass is 372 g/mol. The SMILES string of the molecule is CC(=O)Nc1ccc(N(Cc2ccccc2)Cc2ccccc2)cc1C(C)=O. The number of carbonyl (C=O) groups is 2. The van der Waals surface area contributed by atoms with Gasteiger partial charge in [-0.25, -0.2) is 0 Å². The maximum atomic E-state index is 12.2. The molecular weight excluding hydrogens is 348 g/mol. The minimum Gasteiger partial charge on any atom is -0.363 e. The van der Waals surface area contributed by atoms with Gasteiger partial charge in [-0.05, 0) is 36.2 Å². The molecule has 0 aromatic heterocycles. The van der Waals surface area contributed by atoms with Crippen molar-refractivity contribution in [3.8, 4) is 0 Å². The van der Waals surface area contributed by atoms with E-state index >= 15 is 0 Å². The second-order valence-corrected chi connectivity index (χ2v) is 6.79. The molecule has 0 saturated carbocycles. The maximum Gasteiger partial charge on any atom is 0.221 e. The quantitative estimate of drug-likeness (QED) is 0.590. The summed E-state index contributed by atoms with van der Waals surface area (Å²) in [5, 5.41) is 2.74. The molecule has 0 aliphatic heterocycles. The number of nitrogens with one attached hydrogen (secondary N) is 1. The van der Waals surface area contributed by atoms with Crippen LogP contribution in [0.25, 0.3) is 0 Å². The molecule has 4 nitrogen and oxygen atoms in total. The zero-order chi connectivity index (χ0) is 19.9. The lowest BCUT2D eigenvalue weighted by atomic mass is 10.1. The molecule has 3 aromatic carbocycles. The Labute approximate surface area is 165 Å². The van der Waals surface area contributed by atoms with Gasteiger partial charge in [-0.3, -0.25) is 9.59 Å². The van der Waals surface area contributed by atoms with E-state index in [0.717, 1.165) is 5.69 Å². The number of anilines is 2. The van der Waals surface area contributed by atoms with E-state index in [9.17, 15) is 9.59 Å². The number of Topliss-reactive ketones (excluding diaryl/α,β-unsaturated/α-hetero) is 1. The fourth-order valence-corrected chi connectivity index (χ4v) is 3.16. The van der Waals surface area contributed by atoms with E-state index in [1.54, 1.807) is 6.07 Å². The Bertz CT molecular complexity index is 911. The predicted octanol–water partition coefficient (Wildman–Crippen LogP) is 5.05. The first kappa shape index (κ1) is 19.4. The van der Waals surface area contributed by atoms with E-state index in [1.807, 2.05) is 48.5 Å². The van der Waals surface area contributed by atoms with Crippen molar-refractivity contribution in [3.63, 3.8) is 0 Å². The molecule has 1 N–H and O–H groups in total. The highest BCUT2D eigenvalue weighted by atomic mass is 16.1. The molecule has 3 rings (SSSR count). The summed E-state index contributed by atoms with van der Waals surface area (Å²) < 4.78 is 0. The van der Waals surface area contributed by atoms with Gasteiger partial charge in [0.05, 0.1) is 5.69 Å². The molecule has 0 bridgehead atoms. The molecule has 0 aliphatic carbocycles. The Kier molecular flexibility index (Phi) is 6.22. The third-order valence-electron chi connectivity index (χ3n) is 4.49. The normalized spacial score (nSPS) is 10.4. The van der Waals surface area contributed by atoms with Crippen LogP contribution in [-0.2, 0) is 17.9 Å². The molecule has 142 valence electrons. The molecule has 1 amide bonds. The molecule has 0 unspecified atom stereocenters. The Balaban J connectivity index is 1.97. The molecule has 0 atom stereocenters. The second-order valence-electron chi connectivity index (χ2n) is 6.79.